The van der Waals surface area contributed by atoms with E-state index in [1.807, 2.05) is 0 Å². The Morgan fingerprint density at radius 1 is 1.48 bits per heavy atom. The lowest BCUT2D eigenvalue weighted by Crippen LogP contribution is -2.55. The van der Waals surface area contributed by atoms with Crippen molar-refractivity contribution >= 4 is 13.1 Å². The van der Waals surface area contributed by atoms with Crippen LogP contribution in [0.5, 0.6) is 0 Å². The van der Waals surface area contributed by atoms with E-state index in [1.165, 1.54) is 0 Å². The normalized spacial score (nSPS) is 34.0. The summed E-state index contributed by atoms with van der Waals surface area (Å²) < 4.78 is 0. The molecule has 21 heavy (non-hydrogen) atoms. The van der Waals surface area contributed by atoms with E-state index in [-0.39, 0.29) is 12.2 Å². The van der Waals surface area contributed by atoms with Crippen LogP contribution in [0.2, 0.25) is 6.32 Å². The first kappa shape index (κ1) is 16.7. The van der Waals surface area contributed by atoms with Gasteiger partial charge in [-0.15, -0.1) is 0 Å². The Hall–Kier alpha value is -0.665. The highest BCUT2D eigenvalue weighted by Crippen LogP contribution is 2.32. The fourth-order valence-electron chi connectivity index (χ4n) is 3.54. The van der Waals surface area contributed by atoms with E-state index in [0.29, 0.717) is 32.0 Å². The number of likely N-dealkylation sites (tertiary alicyclic amines) is 1. The SMILES string of the molecule is N[C@]1(C(=O)O)CN(C2CCCNC2)C[C@@H]1CCCB(O)O. The van der Waals surface area contributed by atoms with Gasteiger partial charge in [0.25, 0.3) is 0 Å². The number of aliphatic carboxylic acids is 1. The van der Waals surface area contributed by atoms with Gasteiger partial charge in [-0.3, -0.25) is 9.69 Å². The number of piperidine rings is 1. The Bertz CT molecular complexity index is 365. The number of carbonyl (C=O) groups is 1. The second-order valence-corrected chi connectivity index (χ2v) is 6.38. The second kappa shape index (κ2) is 7.06. The van der Waals surface area contributed by atoms with Crippen molar-refractivity contribution < 1.29 is 19.9 Å². The lowest BCUT2D eigenvalue weighted by molar-refractivity contribution is -0.144. The minimum absolute atomic E-state index is 0.143. The molecule has 2 saturated heterocycles. The Kier molecular flexibility index (Phi) is 5.62. The molecule has 0 aromatic carbocycles. The molecule has 8 heteroatoms. The van der Waals surface area contributed by atoms with Gasteiger partial charge in [0, 0.05) is 31.6 Å². The minimum atomic E-state index is -1.33. The largest absolute Gasteiger partial charge is 0.480 e. The zero-order valence-corrected chi connectivity index (χ0v) is 12.4. The van der Waals surface area contributed by atoms with Crippen molar-refractivity contribution in [1.82, 2.24) is 10.2 Å². The standard InChI is InChI=1S/C13H26BN3O4/c15-13(12(18)19)9-17(11-4-2-6-16-7-11)8-10(13)3-1-5-14(20)21/h10-11,16,20-21H,1-9,15H2,(H,18,19)/t10-,11?,13+/m0/s1. The van der Waals surface area contributed by atoms with Gasteiger partial charge < -0.3 is 26.2 Å². The number of hydrogen-bond acceptors (Lipinski definition) is 6. The lowest BCUT2D eigenvalue weighted by atomic mass is 9.78. The highest BCUT2D eigenvalue weighted by atomic mass is 16.4. The highest BCUT2D eigenvalue weighted by molar-refractivity contribution is 6.40. The third-order valence-electron chi connectivity index (χ3n) is 4.85. The van der Waals surface area contributed by atoms with Gasteiger partial charge in [0.1, 0.15) is 5.54 Å². The summed E-state index contributed by atoms with van der Waals surface area (Å²) in [6, 6.07) is 0.356. The van der Waals surface area contributed by atoms with E-state index in [0.717, 1.165) is 25.9 Å². The minimum Gasteiger partial charge on any atom is -0.480 e. The summed E-state index contributed by atoms with van der Waals surface area (Å²) in [4.78, 5) is 13.8. The van der Waals surface area contributed by atoms with Crippen LogP contribution < -0.4 is 11.1 Å². The van der Waals surface area contributed by atoms with Gasteiger partial charge in [-0.1, -0.05) is 6.42 Å². The molecule has 7 nitrogen and oxygen atoms in total. The van der Waals surface area contributed by atoms with Crippen LogP contribution >= 0.6 is 0 Å². The maximum absolute atomic E-state index is 11.6. The molecule has 1 unspecified atom stereocenters. The van der Waals surface area contributed by atoms with Gasteiger partial charge in [0.15, 0.2) is 0 Å². The van der Waals surface area contributed by atoms with Crippen LogP contribution in [0, 0.1) is 5.92 Å². The number of carboxylic acids is 1. The monoisotopic (exact) mass is 299 g/mol. The van der Waals surface area contributed by atoms with E-state index in [9.17, 15) is 9.90 Å². The lowest BCUT2D eigenvalue weighted by Gasteiger charge is -2.32. The number of carboxylic acid groups (broad SMARTS) is 1. The molecular formula is C13H26BN3O4. The molecule has 2 fully saturated rings. The summed E-state index contributed by atoms with van der Waals surface area (Å²) in [6.07, 6.45) is 3.62. The van der Waals surface area contributed by atoms with Crippen molar-refractivity contribution in [1.29, 1.82) is 0 Å². The van der Waals surface area contributed by atoms with Crippen LogP contribution in [0.1, 0.15) is 25.7 Å². The quantitative estimate of drug-likeness (QED) is 0.387. The third kappa shape index (κ3) is 3.95. The van der Waals surface area contributed by atoms with Gasteiger partial charge in [-0.05, 0) is 32.1 Å². The zero-order valence-electron chi connectivity index (χ0n) is 12.4. The van der Waals surface area contributed by atoms with E-state index >= 15 is 0 Å². The van der Waals surface area contributed by atoms with E-state index in [4.69, 9.17) is 15.8 Å². The molecule has 0 aromatic rings. The van der Waals surface area contributed by atoms with Gasteiger partial charge in [-0.2, -0.15) is 0 Å². The first-order chi connectivity index (χ1) is 9.93. The molecule has 0 bridgehead atoms. The molecule has 2 rings (SSSR count). The van der Waals surface area contributed by atoms with E-state index in [1.54, 1.807) is 0 Å². The van der Waals surface area contributed by atoms with Gasteiger partial charge in [0.2, 0.25) is 0 Å². The smallest absolute Gasteiger partial charge is 0.451 e. The number of hydrogen-bond donors (Lipinski definition) is 5. The van der Waals surface area contributed by atoms with Crippen molar-refractivity contribution in [2.75, 3.05) is 26.2 Å². The summed E-state index contributed by atoms with van der Waals surface area (Å²) in [5.74, 6) is -1.10. The molecule has 2 aliphatic rings. The summed E-state index contributed by atoms with van der Waals surface area (Å²) in [5, 5.41) is 30.7. The summed E-state index contributed by atoms with van der Waals surface area (Å²) >= 11 is 0. The molecular weight excluding hydrogens is 273 g/mol. The molecule has 6 N–H and O–H groups in total. The first-order valence-corrected chi connectivity index (χ1v) is 7.76. The molecule has 0 spiro atoms. The van der Waals surface area contributed by atoms with Gasteiger partial charge >= 0.3 is 13.1 Å². The predicted octanol–water partition coefficient (Wildman–Crippen LogP) is -1.29. The van der Waals surface area contributed by atoms with Gasteiger partial charge in [0.05, 0.1) is 0 Å². The van der Waals surface area contributed by atoms with E-state index < -0.39 is 18.6 Å². The van der Waals surface area contributed by atoms with Crippen molar-refractivity contribution in [3.8, 4) is 0 Å². The summed E-state index contributed by atoms with van der Waals surface area (Å²) in [6.45, 7) is 2.96. The first-order valence-electron chi connectivity index (χ1n) is 7.76. The average Bonchev–Trinajstić information content (AvgIpc) is 2.78. The van der Waals surface area contributed by atoms with Crippen LogP contribution in [-0.4, -0.2) is 70.9 Å². The van der Waals surface area contributed by atoms with Crippen LogP contribution in [0.4, 0.5) is 0 Å². The fraction of sp³-hybridized carbons (Fsp3) is 0.923. The van der Waals surface area contributed by atoms with Gasteiger partial charge in [-0.25, -0.2) is 0 Å². The summed E-state index contributed by atoms with van der Waals surface area (Å²) in [5.41, 5.74) is 4.95. The van der Waals surface area contributed by atoms with Crippen LogP contribution in [0.3, 0.4) is 0 Å². The maximum Gasteiger partial charge on any atom is 0.451 e. The fourth-order valence-corrected chi connectivity index (χ4v) is 3.54. The molecule has 0 radical (unpaired) electrons. The number of rotatable bonds is 6. The third-order valence-corrected chi connectivity index (χ3v) is 4.85. The predicted molar refractivity (Wildman–Crippen MR) is 79.7 cm³/mol. The molecule has 2 aliphatic heterocycles. The Balaban J connectivity index is 1.97. The molecule has 0 amide bonds. The number of nitrogens with one attached hydrogen (secondary N) is 1. The maximum atomic E-state index is 11.6. The number of nitrogens with zero attached hydrogens (tertiary/aromatic N) is 1. The van der Waals surface area contributed by atoms with E-state index in [2.05, 4.69) is 10.2 Å². The summed E-state index contributed by atoms with van der Waals surface area (Å²) in [7, 11) is -1.33. The highest BCUT2D eigenvalue weighted by Gasteiger charge is 2.50. The second-order valence-electron chi connectivity index (χ2n) is 6.38. The van der Waals surface area contributed by atoms with Crippen LogP contribution in [0.15, 0.2) is 0 Å². The Morgan fingerprint density at radius 3 is 2.81 bits per heavy atom. The topological polar surface area (TPSA) is 119 Å². The molecule has 0 aromatic heterocycles. The Morgan fingerprint density at radius 2 is 2.24 bits per heavy atom. The van der Waals surface area contributed by atoms with Crippen molar-refractivity contribution in [2.45, 2.75) is 43.6 Å². The van der Waals surface area contributed by atoms with Crippen LogP contribution in [0.25, 0.3) is 0 Å². The average molecular weight is 299 g/mol. The Labute approximate surface area is 125 Å². The molecule has 0 saturated carbocycles. The van der Waals surface area contributed by atoms with Crippen LogP contribution in [-0.2, 0) is 4.79 Å². The van der Waals surface area contributed by atoms with Crippen molar-refractivity contribution in [2.24, 2.45) is 11.7 Å². The molecule has 0 aliphatic carbocycles. The number of nitrogens with two attached hydrogens (primary N) is 1. The van der Waals surface area contributed by atoms with Crippen molar-refractivity contribution in [3.05, 3.63) is 0 Å². The van der Waals surface area contributed by atoms with Crippen molar-refractivity contribution in [3.63, 3.8) is 0 Å². The molecule has 2 heterocycles. The molecule has 120 valence electrons. The zero-order chi connectivity index (χ0) is 15.5. The molecule has 3 atom stereocenters.